The fraction of sp³-hybridized carbons (Fsp3) is 0.578. The summed E-state index contributed by atoms with van der Waals surface area (Å²) in [4.78, 5) is 124. The van der Waals surface area contributed by atoms with Gasteiger partial charge in [-0.1, -0.05) is 88.4 Å². The third-order valence-electron chi connectivity index (χ3n) is 24.0. The van der Waals surface area contributed by atoms with Crippen molar-refractivity contribution in [3.05, 3.63) is 124 Å². The van der Waals surface area contributed by atoms with Gasteiger partial charge in [0.1, 0.15) is 36.8 Å². The lowest BCUT2D eigenvalue weighted by Gasteiger charge is -2.69. The first-order chi connectivity index (χ1) is 55.0. The van der Waals surface area contributed by atoms with Gasteiger partial charge in [-0.3, -0.25) is 43.3 Å². The van der Waals surface area contributed by atoms with Crippen LogP contribution in [0.25, 0.3) is 21.3 Å². The molecule has 6 aromatic rings. The van der Waals surface area contributed by atoms with Gasteiger partial charge in [-0.2, -0.15) is 13.5 Å². The molecule has 6 heterocycles. The van der Waals surface area contributed by atoms with Gasteiger partial charge in [0.05, 0.1) is 91.6 Å². The summed E-state index contributed by atoms with van der Waals surface area (Å²) in [5.41, 5.74) is 5.36. The van der Waals surface area contributed by atoms with E-state index in [1.165, 1.54) is 28.1 Å². The molecule has 4 bridgehead atoms. The van der Waals surface area contributed by atoms with E-state index >= 15 is 0 Å². The number of aromatic nitrogens is 4. The number of amides is 5. The molecule has 3 aliphatic heterocycles. The molecular weight excluding hydrogens is 1540 g/mol. The van der Waals surface area contributed by atoms with Crippen LogP contribution in [-0.4, -0.2) is 240 Å². The molecule has 10 N–H and O–H groups in total. The van der Waals surface area contributed by atoms with Crippen molar-refractivity contribution in [1.29, 1.82) is 0 Å². The van der Waals surface area contributed by atoms with Crippen molar-refractivity contribution < 1.29 is 101 Å². The van der Waals surface area contributed by atoms with Crippen molar-refractivity contribution in [3.8, 4) is 11.1 Å². The number of aliphatic hydroxyl groups is 5. The van der Waals surface area contributed by atoms with Crippen LogP contribution in [0.15, 0.2) is 79.0 Å². The Kier molecular flexibility index (Phi) is 27.0. The lowest BCUT2D eigenvalue weighted by Crippen LogP contribution is -2.64. The maximum Gasteiger partial charge on any atom is 0.410 e. The molecule has 0 radical (unpaired) electrons. The Morgan fingerprint density at radius 1 is 0.879 bits per heavy atom. The number of ketones is 2. The molecule has 7 aliphatic rings. The van der Waals surface area contributed by atoms with Gasteiger partial charge in [-0.25, -0.2) is 19.6 Å². The molecular formula is C83H108N10O21S2. The minimum Gasteiger partial charge on any atom is -0.476 e. The first-order valence-electron chi connectivity index (χ1n) is 39.9. The smallest absolute Gasteiger partial charge is 0.410 e. The number of carboxylic acid groups (broad SMARTS) is 1. The number of Topliss-reactive ketones (excluding diaryl/α,β-unsaturated/α-hetero) is 2. The number of carbonyl (C=O) groups is 8. The number of thiazole rings is 1. The van der Waals surface area contributed by atoms with E-state index in [4.69, 9.17) is 29.0 Å². The van der Waals surface area contributed by atoms with E-state index in [2.05, 4.69) is 34.8 Å². The molecule has 4 aliphatic carbocycles. The number of hydrogen-bond acceptors (Lipinski definition) is 24. The first-order valence-corrected chi connectivity index (χ1v) is 42.4. The quantitative estimate of drug-likeness (QED) is 0.0146. The van der Waals surface area contributed by atoms with Gasteiger partial charge in [0.15, 0.2) is 22.4 Å². The van der Waals surface area contributed by atoms with Crippen LogP contribution in [0.4, 0.5) is 15.7 Å². The van der Waals surface area contributed by atoms with Crippen molar-refractivity contribution in [2.75, 3.05) is 75.2 Å². The lowest BCUT2D eigenvalue weighted by atomic mass is 9.39. The van der Waals surface area contributed by atoms with Gasteiger partial charge in [0, 0.05) is 80.3 Å². The second kappa shape index (κ2) is 36.2. The van der Waals surface area contributed by atoms with E-state index in [-0.39, 0.29) is 112 Å². The highest BCUT2D eigenvalue weighted by atomic mass is 32.2. The third-order valence-corrected chi connectivity index (χ3v) is 25.6. The number of anilines is 2. The molecule has 6 fully saturated rings. The maximum absolute atomic E-state index is 14.5. The van der Waals surface area contributed by atoms with Crippen LogP contribution in [0, 0.1) is 35.0 Å². The van der Waals surface area contributed by atoms with Crippen LogP contribution in [0.1, 0.15) is 167 Å². The molecule has 5 amide bonds. The maximum atomic E-state index is 14.5. The van der Waals surface area contributed by atoms with E-state index in [9.17, 15) is 82.0 Å². The van der Waals surface area contributed by atoms with Crippen LogP contribution < -0.4 is 20.9 Å². The number of rotatable bonds is 37. The van der Waals surface area contributed by atoms with E-state index in [1.807, 2.05) is 59.0 Å². The van der Waals surface area contributed by atoms with Crippen molar-refractivity contribution in [2.24, 2.45) is 28.1 Å². The van der Waals surface area contributed by atoms with Crippen molar-refractivity contribution in [1.82, 2.24) is 40.2 Å². The Bertz CT molecular complexity index is 4710. The number of carbonyl (C=O) groups excluding carboxylic acids is 7. The number of fused-ring (bicyclic) bond motifs is 2. The topological polar surface area (TPSA) is 439 Å². The highest BCUT2D eigenvalue weighted by Crippen LogP contribution is 2.72. The number of aryl methyl sites for hydroxylation is 1. The number of para-hydroxylation sites is 1. The van der Waals surface area contributed by atoms with Gasteiger partial charge in [-0.05, 0) is 165 Å². The summed E-state index contributed by atoms with van der Waals surface area (Å²) in [7, 11) is -4.35. The van der Waals surface area contributed by atoms with E-state index in [1.54, 1.807) is 57.3 Å². The highest BCUT2D eigenvalue weighted by Gasteiger charge is 2.66. The Morgan fingerprint density at radius 3 is 2.35 bits per heavy atom. The van der Waals surface area contributed by atoms with Crippen molar-refractivity contribution >= 4 is 89.9 Å². The molecule has 116 heavy (non-hydrogen) atoms. The number of nitrogens with one attached hydrogen (secondary N) is 3. The summed E-state index contributed by atoms with van der Waals surface area (Å²) in [6, 6.07) is 19.3. The predicted molar refractivity (Wildman–Crippen MR) is 427 cm³/mol. The minimum absolute atomic E-state index is 0.00894. The normalized spacial score (nSPS) is 25.1. The first kappa shape index (κ1) is 86.6. The molecule has 0 spiro atoms. The van der Waals surface area contributed by atoms with Gasteiger partial charge in [-0.15, -0.1) is 0 Å². The van der Waals surface area contributed by atoms with Crippen LogP contribution in [0.2, 0.25) is 0 Å². The molecule has 13 rings (SSSR count). The number of likely N-dealkylation sites (tertiary alicyclic amines) is 1. The molecule has 2 unspecified atom stereocenters. The zero-order chi connectivity index (χ0) is 83.3. The standard InChI is InChI=1S/C83H108N10O21S2/c1-8-70(99)86-64-32-55(39-111-28-29-116(108,109)110)92(76(64)104)35-57(96)33-60(48(2)3)75(103)85-49(4)65(97)31-51-16-17-54(53(30-51)18-20-67-73(101)72(100)66(98)40-112-67)38-113-79(107)90(25-23-56(95)37-94)26-27-114-83-44-80(6)41-81(7,45-83)43-82(42-80,46-83)47-93-50(5)61(34-84-93)58-19-21-69(88-71(58)77(105)106)91-24-22-52-12-11-13-59(62(52)36-91)74(102)89-78-87-63-14-9-10-15-68(63)115-78/h9-17,19,21,30,34,48-49,55-56,60,64,66-67,72-73,94-95,98,100-101H,8,18,20,22-29,31-33,35-47H2,1-7H3,(H,85,103)(H,86,99)(H,105,106)(H,87,89,102)(H,108,109,110)/t49-,55-,56-,60-,64-,66+,67-,72-,73-,80?,81?,82?,83?/m0/s1. The van der Waals surface area contributed by atoms with Crippen molar-refractivity contribution in [2.45, 2.75) is 212 Å². The number of ether oxygens (including phenoxy) is 4. The fourth-order valence-corrected chi connectivity index (χ4v) is 20.4. The van der Waals surface area contributed by atoms with Gasteiger partial charge in [0.2, 0.25) is 17.7 Å². The second-order valence-electron chi connectivity index (χ2n) is 33.8. The molecule has 4 saturated carbocycles. The van der Waals surface area contributed by atoms with E-state index < -0.39 is 143 Å². The van der Waals surface area contributed by atoms with Crippen LogP contribution >= 0.6 is 11.3 Å². The number of pyridine rings is 1. The summed E-state index contributed by atoms with van der Waals surface area (Å²) in [5.74, 6) is -5.56. The average molecular weight is 1650 g/mol. The second-order valence-corrected chi connectivity index (χ2v) is 36.4. The van der Waals surface area contributed by atoms with Gasteiger partial charge in [0.25, 0.3) is 16.0 Å². The van der Waals surface area contributed by atoms with Crippen LogP contribution in [0.3, 0.4) is 0 Å². The van der Waals surface area contributed by atoms with Crippen LogP contribution in [0.5, 0.6) is 0 Å². The Hall–Kier alpha value is -8.74. The number of benzene rings is 3. The van der Waals surface area contributed by atoms with Gasteiger partial charge >= 0.3 is 12.1 Å². The minimum atomic E-state index is -4.35. The summed E-state index contributed by atoms with van der Waals surface area (Å²) >= 11 is 1.40. The largest absolute Gasteiger partial charge is 0.476 e. The Labute approximate surface area is 677 Å². The average Bonchev–Trinajstić information content (AvgIpc) is 0.768. The monoisotopic (exact) mass is 1640 g/mol. The third kappa shape index (κ3) is 20.5. The van der Waals surface area contributed by atoms with Crippen LogP contribution in [-0.2, 0) is 92.0 Å². The van der Waals surface area contributed by atoms with Gasteiger partial charge < -0.3 is 74.9 Å². The summed E-state index contributed by atoms with van der Waals surface area (Å²) < 4.78 is 59.2. The predicted octanol–water partition coefficient (Wildman–Crippen LogP) is 6.56. The summed E-state index contributed by atoms with van der Waals surface area (Å²) in [6.07, 6.45) is 0.256. The number of aromatic carboxylic acids is 1. The highest BCUT2D eigenvalue weighted by molar-refractivity contribution is 7.85. The zero-order valence-corrected chi connectivity index (χ0v) is 68.3. The molecule has 11 atom stereocenters. The number of aliphatic hydroxyl groups excluding tert-OH is 5. The number of nitrogens with zero attached hydrogens (tertiary/aromatic N) is 7. The van der Waals surface area contributed by atoms with E-state index in [0.29, 0.717) is 76.8 Å². The Morgan fingerprint density at radius 2 is 1.64 bits per heavy atom. The fourth-order valence-electron chi connectivity index (χ4n) is 19.2. The molecule has 628 valence electrons. The molecule has 2 saturated heterocycles. The van der Waals surface area contributed by atoms with E-state index in [0.717, 1.165) is 59.1 Å². The summed E-state index contributed by atoms with van der Waals surface area (Å²) in [6.45, 7) is 12.6. The molecule has 33 heteroatoms. The number of hydrogen-bond donors (Lipinski definition) is 10. The number of carboxylic acids is 1. The lowest BCUT2D eigenvalue weighted by molar-refractivity contribution is -0.248. The SMILES string of the molecule is CCC(=O)N[C@H]1C[C@@H](COCCS(=O)(=O)O)N(CC(=O)C[C@H](C(=O)N[C@@H](C)C(=O)Cc2ccc(COC(=O)N(CCOC34CC5(C)CC(C)(CC(Cn6ncc(-c7ccc(N8CCc9cccc(C(=O)Nc%10nc%11ccccc%11s%10)c9C8)nc7C(=O)O)c6C)(C5)C3)C4)CC[C@H](O)CO)c(CC[C@@H]3OC[C@@H](O)[C@H](O)[C@H]3O)c2)C(C)C)C1=O. The molecule has 3 aromatic carbocycles. The Balaban J connectivity index is 0.691. The molecule has 3 aromatic heterocycles. The van der Waals surface area contributed by atoms with Crippen molar-refractivity contribution in [3.63, 3.8) is 0 Å². The zero-order valence-electron chi connectivity index (χ0n) is 66.7. The summed E-state index contributed by atoms with van der Waals surface area (Å²) in [5, 5.41) is 77.0. The molecule has 31 nitrogen and oxygen atoms in total.